The minimum atomic E-state index is 0.138. The van der Waals surface area contributed by atoms with Gasteiger partial charge in [-0.25, -0.2) is 0 Å². The Balaban J connectivity index is 2.23. The number of thiophene rings is 1. The zero-order valence-corrected chi connectivity index (χ0v) is 11.8. The highest BCUT2D eigenvalue weighted by atomic mass is 32.1. The van der Waals surface area contributed by atoms with E-state index in [1.54, 1.807) is 18.4 Å². The molecule has 0 spiro atoms. The minimum absolute atomic E-state index is 0.138. The molecular weight excluding hydrogens is 246 g/mol. The van der Waals surface area contributed by atoms with E-state index in [2.05, 4.69) is 31.3 Å². The Morgan fingerprint density at radius 2 is 2.17 bits per heavy atom. The second-order valence-corrected chi connectivity index (χ2v) is 5.50. The van der Waals surface area contributed by atoms with E-state index in [4.69, 9.17) is 9.15 Å². The number of nitrogens with one attached hydrogen (secondary N) is 1. The molecule has 1 unspecified atom stereocenters. The molecule has 0 saturated heterocycles. The van der Waals surface area contributed by atoms with Crippen LogP contribution in [0.5, 0.6) is 0 Å². The molecule has 2 heterocycles. The van der Waals surface area contributed by atoms with Gasteiger partial charge in [-0.1, -0.05) is 6.92 Å². The van der Waals surface area contributed by atoms with Crippen molar-refractivity contribution in [3.05, 3.63) is 45.5 Å². The number of rotatable bonds is 6. The standard InChI is InChI=1S/C14H19NO2S/c1-4-15-14(13-8-5-10(2)18-13)12-7-6-11(17-12)9-16-3/h5-8,14-15H,4,9H2,1-3H3. The van der Waals surface area contributed by atoms with Gasteiger partial charge in [0.2, 0.25) is 0 Å². The molecule has 2 rings (SSSR count). The Bertz CT molecular complexity index is 489. The fourth-order valence-corrected chi connectivity index (χ4v) is 2.88. The fraction of sp³-hybridized carbons (Fsp3) is 0.429. The van der Waals surface area contributed by atoms with Crippen molar-refractivity contribution in [1.29, 1.82) is 0 Å². The summed E-state index contributed by atoms with van der Waals surface area (Å²) in [5.74, 6) is 1.81. The highest BCUT2D eigenvalue weighted by Crippen LogP contribution is 2.29. The van der Waals surface area contributed by atoms with Crippen LogP contribution in [0.2, 0.25) is 0 Å². The van der Waals surface area contributed by atoms with Gasteiger partial charge < -0.3 is 14.5 Å². The van der Waals surface area contributed by atoms with Gasteiger partial charge in [-0.3, -0.25) is 0 Å². The Labute approximate surface area is 112 Å². The molecule has 0 aliphatic heterocycles. The molecular formula is C14H19NO2S. The topological polar surface area (TPSA) is 34.4 Å². The predicted octanol–water partition coefficient (Wildman–Crippen LogP) is 3.49. The lowest BCUT2D eigenvalue weighted by atomic mass is 10.2. The maximum atomic E-state index is 5.82. The Hall–Kier alpha value is -1.10. The molecule has 0 amide bonds. The quantitative estimate of drug-likeness (QED) is 0.868. The highest BCUT2D eigenvalue weighted by Gasteiger charge is 2.18. The van der Waals surface area contributed by atoms with Gasteiger partial charge in [0.15, 0.2) is 0 Å². The van der Waals surface area contributed by atoms with E-state index in [0.717, 1.165) is 18.1 Å². The Morgan fingerprint density at radius 1 is 1.33 bits per heavy atom. The third-order valence-corrected chi connectivity index (χ3v) is 3.77. The van der Waals surface area contributed by atoms with Crippen molar-refractivity contribution in [2.75, 3.05) is 13.7 Å². The van der Waals surface area contributed by atoms with E-state index < -0.39 is 0 Å². The van der Waals surface area contributed by atoms with Gasteiger partial charge in [0.1, 0.15) is 24.2 Å². The summed E-state index contributed by atoms with van der Waals surface area (Å²) >= 11 is 1.80. The van der Waals surface area contributed by atoms with Crippen molar-refractivity contribution in [3.8, 4) is 0 Å². The van der Waals surface area contributed by atoms with Crippen molar-refractivity contribution in [3.63, 3.8) is 0 Å². The molecule has 18 heavy (non-hydrogen) atoms. The summed E-state index contributed by atoms with van der Waals surface area (Å²) in [7, 11) is 1.67. The molecule has 98 valence electrons. The lowest BCUT2D eigenvalue weighted by Crippen LogP contribution is -2.20. The summed E-state index contributed by atoms with van der Waals surface area (Å²) in [5.41, 5.74) is 0. The molecule has 0 fully saturated rings. The minimum Gasteiger partial charge on any atom is -0.462 e. The van der Waals surface area contributed by atoms with Crippen molar-refractivity contribution < 1.29 is 9.15 Å². The maximum absolute atomic E-state index is 5.82. The first-order valence-corrected chi connectivity index (χ1v) is 6.93. The predicted molar refractivity (Wildman–Crippen MR) is 74.0 cm³/mol. The molecule has 0 aliphatic carbocycles. The first-order valence-electron chi connectivity index (χ1n) is 6.12. The number of methoxy groups -OCH3 is 1. The van der Waals surface area contributed by atoms with Crippen LogP contribution in [-0.2, 0) is 11.3 Å². The van der Waals surface area contributed by atoms with E-state index in [1.165, 1.54) is 9.75 Å². The number of aryl methyl sites for hydroxylation is 1. The largest absolute Gasteiger partial charge is 0.462 e. The van der Waals surface area contributed by atoms with Crippen molar-refractivity contribution in [2.24, 2.45) is 0 Å². The van der Waals surface area contributed by atoms with Crippen LogP contribution in [0.25, 0.3) is 0 Å². The van der Waals surface area contributed by atoms with E-state index >= 15 is 0 Å². The van der Waals surface area contributed by atoms with Crippen LogP contribution in [0.3, 0.4) is 0 Å². The van der Waals surface area contributed by atoms with Crippen LogP contribution in [-0.4, -0.2) is 13.7 Å². The molecule has 4 heteroatoms. The van der Waals surface area contributed by atoms with Crippen LogP contribution >= 0.6 is 11.3 Å². The summed E-state index contributed by atoms with van der Waals surface area (Å²) in [6, 6.07) is 8.44. The van der Waals surface area contributed by atoms with Gasteiger partial charge in [0.05, 0.1) is 0 Å². The van der Waals surface area contributed by atoms with Crippen LogP contribution in [0.15, 0.2) is 28.7 Å². The molecule has 2 aromatic rings. The molecule has 0 saturated carbocycles. The van der Waals surface area contributed by atoms with Gasteiger partial charge in [0.25, 0.3) is 0 Å². The van der Waals surface area contributed by atoms with Crippen LogP contribution in [0.4, 0.5) is 0 Å². The molecule has 0 aromatic carbocycles. The first-order chi connectivity index (χ1) is 8.74. The third-order valence-electron chi connectivity index (χ3n) is 2.71. The van der Waals surface area contributed by atoms with Gasteiger partial charge in [0, 0.05) is 16.9 Å². The Morgan fingerprint density at radius 3 is 2.78 bits per heavy atom. The average molecular weight is 265 g/mol. The van der Waals surface area contributed by atoms with Crippen LogP contribution in [0, 0.1) is 6.92 Å². The second-order valence-electron chi connectivity index (χ2n) is 4.18. The average Bonchev–Trinajstić information content (AvgIpc) is 2.96. The molecule has 0 radical (unpaired) electrons. The number of hydrogen-bond donors (Lipinski definition) is 1. The number of ether oxygens (including phenoxy) is 1. The van der Waals surface area contributed by atoms with Crippen molar-refractivity contribution in [1.82, 2.24) is 5.32 Å². The van der Waals surface area contributed by atoms with Crippen LogP contribution in [0.1, 0.15) is 34.2 Å². The fourth-order valence-electron chi connectivity index (χ4n) is 1.92. The van der Waals surface area contributed by atoms with Gasteiger partial charge in [-0.15, -0.1) is 11.3 Å². The highest BCUT2D eigenvalue weighted by molar-refractivity contribution is 7.12. The molecule has 0 bridgehead atoms. The van der Waals surface area contributed by atoms with Gasteiger partial charge in [-0.05, 0) is 37.7 Å². The molecule has 2 aromatic heterocycles. The van der Waals surface area contributed by atoms with E-state index in [9.17, 15) is 0 Å². The van der Waals surface area contributed by atoms with Crippen molar-refractivity contribution in [2.45, 2.75) is 26.5 Å². The Kier molecular flexibility index (Phi) is 4.58. The molecule has 0 aliphatic rings. The van der Waals surface area contributed by atoms with E-state index in [0.29, 0.717) is 6.61 Å². The summed E-state index contributed by atoms with van der Waals surface area (Å²) in [6.45, 7) is 5.65. The smallest absolute Gasteiger partial charge is 0.129 e. The first kappa shape index (κ1) is 13.3. The van der Waals surface area contributed by atoms with E-state index in [-0.39, 0.29) is 6.04 Å². The monoisotopic (exact) mass is 265 g/mol. The molecule has 3 nitrogen and oxygen atoms in total. The zero-order valence-electron chi connectivity index (χ0n) is 11.0. The summed E-state index contributed by atoms with van der Waals surface area (Å²) in [5, 5.41) is 3.46. The summed E-state index contributed by atoms with van der Waals surface area (Å²) in [4.78, 5) is 2.60. The molecule has 1 N–H and O–H groups in total. The third kappa shape index (κ3) is 3.02. The summed E-state index contributed by atoms with van der Waals surface area (Å²) in [6.07, 6.45) is 0. The zero-order chi connectivity index (χ0) is 13.0. The van der Waals surface area contributed by atoms with Gasteiger partial charge >= 0.3 is 0 Å². The SMILES string of the molecule is CCNC(c1ccc(COC)o1)c1ccc(C)s1. The second kappa shape index (κ2) is 6.18. The van der Waals surface area contributed by atoms with Gasteiger partial charge in [-0.2, -0.15) is 0 Å². The maximum Gasteiger partial charge on any atom is 0.129 e. The lowest BCUT2D eigenvalue weighted by Gasteiger charge is -2.13. The molecule has 1 atom stereocenters. The lowest BCUT2D eigenvalue weighted by molar-refractivity contribution is 0.162. The van der Waals surface area contributed by atoms with Crippen molar-refractivity contribution >= 4 is 11.3 Å². The normalized spacial score (nSPS) is 12.8. The van der Waals surface area contributed by atoms with E-state index in [1.807, 2.05) is 12.1 Å². The summed E-state index contributed by atoms with van der Waals surface area (Å²) < 4.78 is 10.9. The van der Waals surface area contributed by atoms with Crippen LogP contribution < -0.4 is 5.32 Å². The number of hydrogen-bond acceptors (Lipinski definition) is 4. The number of furan rings is 1.